The van der Waals surface area contributed by atoms with Crippen LogP contribution in [0.2, 0.25) is 0 Å². The first-order valence-corrected chi connectivity index (χ1v) is 7.32. The van der Waals surface area contributed by atoms with Crippen LogP contribution in [0, 0.1) is 0 Å². The Bertz CT molecular complexity index is 546. The zero-order valence-electron chi connectivity index (χ0n) is 12.3. The lowest BCUT2D eigenvalue weighted by molar-refractivity contribution is 0.0585. The van der Waals surface area contributed by atoms with Crippen LogP contribution in [0.1, 0.15) is 17.2 Å². The van der Waals surface area contributed by atoms with E-state index in [1.54, 1.807) is 7.11 Å². The lowest BCUT2D eigenvalue weighted by atomic mass is 10.00. The van der Waals surface area contributed by atoms with E-state index in [1.165, 1.54) is 5.56 Å². The van der Waals surface area contributed by atoms with Crippen molar-refractivity contribution in [2.24, 2.45) is 0 Å². The summed E-state index contributed by atoms with van der Waals surface area (Å²) in [4.78, 5) is 12.1. The number of nitrogens with one attached hydrogen (secondary N) is 1. The van der Waals surface area contributed by atoms with Crippen molar-refractivity contribution < 1.29 is 4.84 Å². The van der Waals surface area contributed by atoms with Gasteiger partial charge in [-0.15, -0.1) is 0 Å². The number of nitrogens with zero attached hydrogens (tertiary/aromatic N) is 2. The third kappa shape index (κ3) is 3.47. The number of aromatic nitrogens is 1. The van der Waals surface area contributed by atoms with E-state index in [1.807, 2.05) is 18.3 Å². The summed E-state index contributed by atoms with van der Waals surface area (Å²) in [5.41, 5.74) is 5.60. The number of hydrogen-bond acceptors (Lipinski definition) is 4. The predicted molar refractivity (Wildman–Crippen MR) is 82.6 cm³/mol. The molecule has 2 aromatic rings. The van der Waals surface area contributed by atoms with Crippen LogP contribution in [0.15, 0.2) is 54.7 Å². The van der Waals surface area contributed by atoms with Gasteiger partial charge in [0.2, 0.25) is 0 Å². The van der Waals surface area contributed by atoms with Gasteiger partial charge in [-0.05, 0) is 17.7 Å². The number of likely N-dealkylation sites (tertiary alicyclic amines) is 1. The standard InChI is InChI=1S/C17H21N3O/c1-21-19-17-13-20(11-14-7-3-2-4-8-14)12-15(17)16-9-5-6-10-18-16/h2-10,15,17,19H,11-13H2,1H3/t15-,17+/m1/s1. The molecule has 1 aromatic carbocycles. The molecule has 2 atom stereocenters. The Hall–Kier alpha value is -1.75. The highest BCUT2D eigenvalue weighted by Crippen LogP contribution is 2.27. The fourth-order valence-corrected chi connectivity index (χ4v) is 3.02. The van der Waals surface area contributed by atoms with E-state index in [-0.39, 0.29) is 6.04 Å². The van der Waals surface area contributed by atoms with Crippen molar-refractivity contribution in [3.05, 3.63) is 66.0 Å². The van der Waals surface area contributed by atoms with E-state index in [2.05, 4.69) is 51.8 Å². The van der Waals surface area contributed by atoms with E-state index in [0.717, 1.165) is 25.3 Å². The van der Waals surface area contributed by atoms with Crippen molar-refractivity contribution in [1.82, 2.24) is 15.4 Å². The second-order valence-corrected chi connectivity index (χ2v) is 5.47. The molecule has 0 unspecified atom stereocenters. The van der Waals surface area contributed by atoms with Gasteiger partial charge in [0.05, 0.1) is 13.2 Å². The maximum atomic E-state index is 5.17. The van der Waals surface area contributed by atoms with Gasteiger partial charge in [-0.25, -0.2) is 0 Å². The van der Waals surface area contributed by atoms with Gasteiger partial charge in [0, 0.05) is 37.4 Å². The van der Waals surface area contributed by atoms with Crippen molar-refractivity contribution in [2.45, 2.75) is 18.5 Å². The molecule has 0 spiro atoms. The summed E-state index contributed by atoms with van der Waals surface area (Å²) in [6.07, 6.45) is 1.86. The maximum Gasteiger partial charge on any atom is 0.0572 e. The smallest absolute Gasteiger partial charge is 0.0572 e. The summed E-state index contributed by atoms with van der Waals surface area (Å²) in [5, 5.41) is 0. The van der Waals surface area contributed by atoms with Crippen molar-refractivity contribution in [1.29, 1.82) is 0 Å². The van der Waals surface area contributed by atoms with Crippen molar-refractivity contribution in [2.75, 3.05) is 20.2 Å². The number of pyridine rings is 1. The Balaban J connectivity index is 1.72. The SMILES string of the molecule is CON[C@H]1CN(Cc2ccccc2)C[C@@H]1c1ccccn1. The van der Waals surface area contributed by atoms with Gasteiger partial charge in [-0.3, -0.25) is 9.88 Å². The molecular formula is C17H21N3O. The molecule has 1 aromatic heterocycles. The second-order valence-electron chi connectivity index (χ2n) is 5.47. The van der Waals surface area contributed by atoms with Crippen molar-refractivity contribution in [3.8, 4) is 0 Å². The Morgan fingerprint density at radius 3 is 2.67 bits per heavy atom. The average molecular weight is 283 g/mol. The van der Waals surface area contributed by atoms with Crippen LogP contribution >= 0.6 is 0 Å². The van der Waals surface area contributed by atoms with Crippen LogP contribution in [0.25, 0.3) is 0 Å². The summed E-state index contributed by atoms with van der Waals surface area (Å²) in [6.45, 7) is 2.92. The maximum absolute atomic E-state index is 5.17. The molecule has 1 N–H and O–H groups in total. The first-order chi connectivity index (χ1) is 10.4. The first-order valence-electron chi connectivity index (χ1n) is 7.32. The van der Waals surface area contributed by atoms with Gasteiger partial charge in [0.25, 0.3) is 0 Å². The molecule has 4 heteroatoms. The zero-order chi connectivity index (χ0) is 14.5. The third-order valence-corrected chi connectivity index (χ3v) is 3.98. The minimum Gasteiger partial charge on any atom is -0.305 e. The normalized spacial score (nSPS) is 22.5. The highest BCUT2D eigenvalue weighted by atomic mass is 16.6. The summed E-state index contributed by atoms with van der Waals surface area (Å²) < 4.78 is 0. The van der Waals surface area contributed by atoms with Gasteiger partial charge in [-0.1, -0.05) is 36.4 Å². The Kier molecular flexibility index (Phi) is 4.60. The van der Waals surface area contributed by atoms with Gasteiger partial charge < -0.3 is 4.84 Å². The summed E-state index contributed by atoms with van der Waals surface area (Å²) in [7, 11) is 1.68. The van der Waals surface area contributed by atoms with E-state index >= 15 is 0 Å². The minimum absolute atomic E-state index is 0.272. The molecule has 1 saturated heterocycles. The van der Waals surface area contributed by atoms with Gasteiger partial charge >= 0.3 is 0 Å². The molecular weight excluding hydrogens is 262 g/mol. The minimum atomic E-state index is 0.272. The number of hydroxylamine groups is 1. The monoisotopic (exact) mass is 283 g/mol. The van der Waals surface area contributed by atoms with Crippen LogP contribution in [-0.4, -0.2) is 36.1 Å². The lowest BCUT2D eigenvalue weighted by Crippen LogP contribution is -2.34. The van der Waals surface area contributed by atoms with Crippen LogP contribution < -0.4 is 5.48 Å². The number of benzene rings is 1. The molecule has 2 heterocycles. The molecule has 0 saturated carbocycles. The van der Waals surface area contributed by atoms with Crippen LogP contribution in [0.5, 0.6) is 0 Å². The molecule has 1 aliphatic heterocycles. The van der Waals surface area contributed by atoms with Crippen molar-refractivity contribution >= 4 is 0 Å². The first kappa shape index (κ1) is 14.2. The van der Waals surface area contributed by atoms with E-state index in [0.29, 0.717) is 5.92 Å². The Labute approximate surface area is 125 Å². The topological polar surface area (TPSA) is 37.4 Å². The fourth-order valence-electron chi connectivity index (χ4n) is 3.02. The molecule has 3 rings (SSSR count). The highest BCUT2D eigenvalue weighted by Gasteiger charge is 2.34. The fraction of sp³-hybridized carbons (Fsp3) is 0.353. The van der Waals surface area contributed by atoms with Gasteiger partial charge in [-0.2, -0.15) is 5.48 Å². The summed E-state index contributed by atoms with van der Waals surface area (Å²) >= 11 is 0. The van der Waals surface area contributed by atoms with Crippen LogP contribution in [0.3, 0.4) is 0 Å². The predicted octanol–water partition coefficient (Wildman–Crippen LogP) is 2.20. The quantitative estimate of drug-likeness (QED) is 0.854. The van der Waals surface area contributed by atoms with Gasteiger partial charge in [0.1, 0.15) is 0 Å². The van der Waals surface area contributed by atoms with E-state index < -0.39 is 0 Å². The van der Waals surface area contributed by atoms with Gasteiger partial charge in [0.15, 0.2) is 0 Å². The Morgan fingerprint density at radius 1 is 1.14 bits per heavy atom. The molecule has 21 heavy (non-hydrogen) atoms. The molecule has 110 valence electrons. The average Bonchev–Trinajstić information content (AvgIpc) is 2.92. The molecule has 1 aliphatic rings. The van der Waals surface area contributed by atoms with Crippen LogP contribution in [-0.2, 0) is 11.4 Å². The molecule has 0 radical (unpaired) electrons. The number of rotatable bonds is 5. The Morgan fingerprint density at radius 2 is 1.95 bits per heavy atom. The second kappa shape index (κ2) is 6.80. The zero-order valence-corrected chi connectivity index (χ0v) is 12.3. The molecule has 0 amide bonds. The lowest BCUT2D eigenvalue weighted by Gasteiger charge is -2.17. The van der Waals surface area contributed by atoms with Crippen molar-refractivity contribution in [3.63, 3.8) is 0 Å². The van der Waals surface area contributed by atoms with E-state index in [9.17, 15) is 0 Å². The largest absolute Gasteiger partial charge is 0.305 e. The van der Waals surface area contributed by atoms with E-state index in [4.69, 9.17) is 4.84 Å². The molecule has 4 nitrogen and oxygen atoms in total. The summed E-state index contributed by atoms with van der Waals surface area (Å²) in [5.74, 6) is 0.356. The summed E-state index contributed by atoms with van der Waals surface area (Å²) in [6, 6.07) is 17.0. The molecule has 1 fully saturated rings. The molecule has 0 aliphatic carbocycles. The van der Waals surface area contributed by atoms with Crippen LogP contribution in [0.4, 0.5) is 0 Å². The highest BCUT2D eigenvalue weighted by molar-refractivity contribution is 5.18. The molecule has 0 bridgehead atoms. The third-order valence-electron chi connectivity index (χ3n) is 3.98. The number of hydrogen-bond donors (Lipinski definition) is 1.